The van der Waals surface area contributed by atoms with Gasteiger partial charge in [0, 0.05) is 24.2 Å². The highest BCUT2D eigenvalue weighted by Crippen LogP contribution is 2.14. The fourth-order valence-electron chi connectivity index (χ4n) is 3.36. The van der Waals surface area contributed by atoms with Crippen LogP contribution < -0.4 is 5.43 Å². The van der Waals surface area contributed by atoms with Crippen LogP contribution in [0.25, 0.3) is 10.9 Å². The van der Waals surface area contributed by atoms with Crippen molar-refractivity contribution in [2.24, 2.45) is 7.05 Å². The number of para-hydroxylation sites is 1. The van der Waals surface area contributed by atoms with E-state index < -0.39 is 0 Å². The monoisotopic (exact) mass is 339 g/mol. The Hall–Kier alpha value is -1.83. The first-order valence-corrected chi connectivity index (χ1v) is 9.96. The fraction of sp³-hybridized carbons (Fsp3) is 0.522. The van der Waals surface area contributed by atoms with Crippen molar-refractivity contribution in [3.05, 3.63) is 58.4 Å². The number of hydrogen-bond donors (Lipinski definition) is 0. The maximum absolute atomic E-state index is 12.2. The first-order chi connectivity index (χ1) is 12.2. The third kappa shape index (κ3) is 6.19. The molecule has 0 spiro atoms. The maximum Gasteiger partial charge on any atom is 0.189 e. The van der Waals surface area contributed by atoms with Gasteiger partial charge in [0.15, 0.2) is 5.43 Å². The van der Waals surface area contributed by atoms with Gasteiger partial charge in [-0.25, -0.2) is 0 Å². The molecule has 0 atom stereocenters. The van der Waals surface area contributed by atoms with Gasteiger partial charge < -0.3 is 4.57 Å². The van der Waals surface area contributed by atoms with Crippen LogP contribution in [-0.4, -0.2) is 4.57 Å². The molecular weight excluding hydrogens is 306 g/mol. The SMILES string of the molecule is CCCCC/C=C/CCCCCCc1cc(=O)c2ccccc2n1C. The summed E-state index contributed by atoms with van der Waals surface area (Å²) in [6.07, 6.45) is 17.1. The molecule has 0 unspecified atom stereocenters. The van der Waals surface area contributed by atoms with E-state index in [0.29, 0.717) is 0 Å². The van der Waals surface area contributed by atoms with Crippen molar-refractivity contribution in [3.8, 4) is 0 Å². The highest BCUT2D eigenvalue weighted by molar-refractivity contribution is 5.79. The molecule has 0 fully saturated rings. The van der Waals surface area contributed by atoms with Gasteiger partial charge in [0.05, 0.1) is 5.52 Å². The molecule has 0 aliphatic heterocycles. The molecule has 2 nitrogen and oxygen atoms in total. The summed E-state index contributed by atoms with van der Waals surface area (Å²) in [5.74, 6) is 0. The van der Waals surface area contributed by atoms with Gasteiger partial charge in [0.2, 0.25) is 0 Å². The van der Waals surface area contributed by atoms with E-state index in [0.717, 1.165) is 29.4 Å². The lowest BCUT2D eigenvalue weighted by atomic mass is 10.1. The number of pyridine rings is 1. The molecule has 0 N–H and O–H groups in total. The van der Waals surface area contributed by atoms with Crippen molar-refractivity contribution in [3.63, 3.8) is 0 Å². The molecule has 1 aromatic heterocycles. The van der Waals surface area contributed by atoms with Gasteiger partial charge in [0.25, 0.3) is 0 Å². The van der Waals surface area contributed by atoms with Crippen LogP contribution in [0.1, 0.15) is 70.4 Å². The topological polar surface area (TPSA) is 22.0 Å². The van der Waals surface area contributed by atoms with Crippen LogP contribution in [-0.2, 0) is 13.5 Å². The molecule has 0 aliphatic carbocycles. The Labute approximate surface area is 152 Å². The van der Waals surface area contributed by atoms with E-state index >= 15 is 0 Å². The van der Waals surface area contributed by atoms with Crippen molar-refractivity contribution in [2.45, 2.75) is 71.1 Å². The Morgan fingerprint density at radius 3 is 2.36 bits per heavy atom. The van der Waals surface area contributed by atoms with Crippen LogP contribution in [0.5, 0.6) is 0 Å². The molecule has 136 valence electrons. The molecule has 0 saturated heterocycles. The second-order valence-corrected chi connectivity index (χ2v) is 7.00. The first-order valence-electron chi connectivity index (χ1n) is 9.96. The average Bonchev–Trinajstić information content (AvgIpc) is 2.63. The molecule has 1 heterocycles. The van der Waals surface area contributed by atoms with Crippen molar-refractivity contribution in [1.29, 1.82) is 0 Å². The van der Waals surface area contributed by atoms with E-state index in [1.807, 2.05) is 30.3 Å². The third-order valence-electron chi connectivity index (χ3n) is 4.95. The molecule has 0 saturated carbocycles. The highest BCUT2D eigenvalue weighted by Gasteiger charge is 2.05. The predicted octanol–water partition coefficient (Wildman–Crippen LogP) is 6.17. The number of fused-ring (bicyclic) bond motifs is 1. The fourth-order valence-corrected chi connectivity index (χ4v) is 3.36. The summed E-state index contributed by atoms with van der Waals surface area (Å²) in [7, 11) is 2.07. The van der Waals surface area contributed by atoms with Gasteiger partial charge >= 0.3 is 0 Å². The summed E-state index contributed by atoms with van der Waals surface area (Å²) in [6.45, 7) is 2.25. The van der Waals surface area contributed by atoms with Crippen molar-refractivity contribution < 1.29 is 0 Å². The largest absolute Gasteiger partial charge is 0.347 e. The number of rotatable bonds is 11. The van der Waals surface area contributed by atoms with Gasteiger partial charge in [-0.15, -0.1) is 0 Å². The minimum absolute atomic E-state index is 0.150. The van der Waals surface area contributed by atoms with E-state index in [9.17, 15) is 4.79 Å². The second-order valence-electron chi connectivity index (χ2n) is 7.00. The van der Waals surface area contributed by atoms with Gasteiger partial charge in [-0.3, -0.25) is 4.79 Å². The molecule has 2 rings (SSSR count). The van der Waals surface area contributed by atoms with Crippen LogP contribution in [0, 0.1) is 0 Å². The summed E-state index contributed by atoms with van der Waals surface area (Å²) in [5.41, 5.74) is 2.34. The molecule has 0 bridgehead atoms. The summed E-state index contributed by atoms with van der Waals surface area (Å²) >= 11 is 0. The normalized spacial score (nSPS) is 11.6. The third-order valence-corrected chi connectivity index (χ3v) is 4.95. The lowest BCUT2D eigenvalue weighted by molar-refractivity contribution is 0.631. The van der Waals surface area contributed by atoms with Crippen LogP contribution >= 0.6 is 0 Å². The predicted molar refractivity (Wildman–Crippen MR) is 109 cm³/mol. The quantitative estimate of drug-likeness (QED) is 0.354. The minimum atomic E-state index is 0.150. The van der Waals surface area contributed by atoms with Crippen molar-refractivity contribution in [1.82, 2.24) is 4.57 Å². The molecular formula is C23H33NO. The Kier molecular flexibility index (Phi) is 8.51. The molecule has 25 heavy (non-hydrogen) atoms. The van der Waals surface area contributed by atoms with E-state index in [1.165, 1.54) is 51.4 Å². The summed E-state index contributed by atoms with van der Waals surface area (Å²) in [6, 6.07) is 9.70. The number of unbranched alkanes of at least 4 members (excludes halogenated alkanes) is 7. The zero-order valence-corrected chi connectivity index (χ0v) is 16.0. The van der Waals surface area contributed by atoms with Crippen LogP contribution in [0.4, 0.5) is 0 Å². The zero-order chi connectivity index (χ0) is 17.9. The van der Waals surface area contributed by atoms with Gasteiger partial charge in [-0.05, 0) is 50.7 Å². The number of aromatic nitrogens is 1. The van der Waals surface area contributed by atoms with E-state index in [-0.39, 0.29) is 5.43 Å². The van der Waals surface area contributed by atoms with Crippen molar-refractivity contribution >= 4 is 10.9 Å². The van der Waals surface area contributed by atoms with Gasteiger partial charge in [0.1, 0.15) is 0 Å². The Bertz CT molecular complexity index is 726. The Morgan fingerprint density at radius 1 is 0.920 bits per heavy atom. The number of hydrogen-bond acceptors (Lipinski definition) is 1. The molecule has 0 amide bonds. The van der Waals surface area contributed by atoms with Crippen LogP contribution in [0.2, 0.25) is 0 Å². The van der Waals surface area contributed by atoms with E-state index in [1.54, 1.807) is 0 Å². The number of aryl methyl sites for hydroxylation is 2. The van der Waals surface area contributed by atoms with Crippen molar-refractivity contribution in [2.75, 3.05) is 0 Å². The molecule has 1 aromatic carbocycles. The lowest BCUT2D eigenvalue weighted by Gasteiger charge is -2.12. The minimum Gasteiger partial charge on any atom is -0.347 e. The van der Waals surface area contributed by atoms with Crippen LogP contribution in [0.3, 0.4) is 0 Å². The maximum atomic E-state index is 12.2. The molecule has 2 heteroatoms. The van der Waals surface area contributed by atoms with Gasteiger partial charge in [-0.2, -0.15) is 0 Å². The molecule has 0 aliphatic rings. The lowest BCUT2D eigenvalue weighted by Crippen LogP contribution is -2.11. The second kappa shape index (κ2) is 10.9. The molecule has 2 aromatic rings. The number of allylic oxidation sites excluding steroid dienone is 2. The summed E-state index contributed by atoms with van der Waals surface area (Å²) in [5, 5.41) is 0.819. The number of nitrogens with zero attached hydrogens (tertiary/aromatic N) is 1. The Balaban J connectivity index is 1.70. The first kappa shape index (κ1) is 19.5. The van der Waals surface area contributed by atoms with Gasteiger partial charge in [-0.1, -0.05) is 56.9 Å². The Morgan fingerprint density at radius 2 is 1.60 bits per heavy atom. The van der Waals surface area contributed by atoms with E-state index in [4.69, 9.17) is 0 Å². The summed E-state index contributed by atoms with van der Waals surface area (Å²) < 4.78 is 2.18. The van der Waals surface area contributed by atoms with Crippen LogP contribution in [0.15, 0.2) is 47.3 Å². The smallest absolute Gasteiger partial charge is 0.189 e. The average molecular weight is 340 g/mol. The van der Waals surface area contributed by atoms with E-state index in [2.05, 4.69) is 30.7 Å². The summed E-state index contributed by atoms with van der Waals surface area (Å²) in [4.78, 5) is 12.2. The molecule has 0 radical (unpaired) electrons. The highest BCUT2D eigenvalue weighted by atomic mass is 16.1. The standard InChI is InChI=1S/C23H33NO/c1-3-4-5-6-7-8-9-10-11-12-13-16-20-19-23(25)21-17-14-15-18-22(21)24(20)2/h7-8,14-15,17-19H,3-6,9-13,16H2,1-2H3/b8-7+. The number of benzene rings is 1. The zero-order valence-electron chi connectivity index (χ0n) is 16.0.